The molecule has 0 saturated heterocycles. The number of carbonyl (C=O) groups is 1. The Bertz CT molecular complexity index is 669. The van der Waals surface area contributed by atoms with Crippen LogP contribution >= 0.6 is 8.25 Å². The van der Waals surface area contributed by atoms with E-state index in [4.69, 9.17) is 9.05 Å². The molecule has 0 heterocycles. The molecule has 0 amide bonds. The Balaban J connectivity index is 0.00000242. The second-order valence-corrected chi connectivity index (χ2v) is 5.60. The van der Waals surface area contributed by atoms with Crippen molar-refractivity contribution in [3.63, 3.8) is 0 Å². The van der Waals surface area contributed by atoms with E-state index in [0.717, 1.165) is 16.7 Å². The Kier molecular flexibility index (Phi) is 6.84. The van der Waals surface area contributed by atoms with Crippen molar-refractivity contribution in [1.82, 2.24) is 0 Å². The van der Waals surface area contributed by atoms with Gasteiger partial charge in [-0.05, 0) is 44.0 Å². The van der Waals surface area contributed by atoms with Gasteiger partial charge in [0.15, 0.2) is 5.75 Å². The molecule has 0 aromatic heterocycles. The molecule has 1 atom stereocenters. The van der Waals surface area contributed by atoms with Crippen molar-refractivity contribution in [2.45, 2.75) is 20.8 Å². The van der Waals surface area contributed by atoms with Gasteiger partial charge in [-0.3, -0.25) is 0 Å². The summed E-state index contributed by atoms with van der Waals surface area (Å²) in [5.74, 6) is -0.179. The molecule has 110 valence electrons. The van der Waals surface area contributed by atoms with Gasteiger partial charge in [-0.2, -0.15) is 4.52 Å². The summed E-state index contributed by atoms with van der Waals surface area (Å²) in [6.45, 7) is 5.69. The van der Waals surface area contributed by atoms with Gasteiger partial charge in [-0.25, -0.2) is 9.32 Å². The van der Waals surface area contributed by atoms with Crippen LogP contribution in [-0.2, 0) is 9.09 Å². The van der Waals surface area contributed by atoms with Crippen LogP contribution in [0.3, 0.4) is 0 Å². The standard InChI is InChI=1S/C16H16O4P.Li.H/c1-11-9-12(2)15(13(3)10-11)19-21(18)20-16(17)14-7-5-4-6-8-14;;/h4-10H,1-3H3;;/q2*+1;-1. The minimum atomic E-state index is -2.56. The molecule has 0 aliphatic carbocycles. The average Bonchev–Trinajstić information content (AvgIpc) is 2.43. The van der Waals surface area contributed by atoms with Crippen LogP contribution in [0.15, 0.2) is 42.5 Å². The maximum Gasteiger partial charge on any atom is 1.00 e. The van der Waals surface area contributed by atoms with E-state index in [0.29, 0.717) is 11.3 Å². The molecule has 0 fully saturated rings. The van der Waals surface area contributed by atoms with Gasteiger partial charge in [-0.15, -0.1) is 0 Å². The van der Waals surface area contributed by atoms with Crippen molar-refractivity contribution < 1.29 is 38.7 Å². The van der Waals surface area contributed by atoms with Crippen molar-refractivity contribution in [2.24, 2.45) is 0 Å². The predicted molar refractivity (Wildman–Crippen MR) is 81.9 cm³/mol. The molecule has 1 unspecified atom stereocenters. The summed E-state index contributed by atoms with van der Waals surface area (Å²) in [7, 11) is -2.56. The van der Waals surface area contributed by atoms with Crippen molar-refractivity contribution in [1.29, 1.82) is 0 Å². The molecule has 0 N–H and O–H groups in total. The fraction of sp³-hybridized carbons (Fsp3) is 0.188. The SMILES string of the molecule is Cc1cc(C)c(O[P+](=O)OC(=O)c2ccccc2)c(C)c1.[H-].[Li+]. The third-order valence-electron chi connectivity index (χ3n) is 2.94. The molecule has 22 heavy (non-hydrogen) atoms. The molecule has 2 aromatic rings. The van der Waals surface area contributed by atoms with E-state index >= 15 is 0 Å². The van der Waals surface area contributed by atoms with E-state index in [9.17, 15) is 9.36 Å². The van der Waals surface area contributed by atoms with Crippen LogP contribution in [0, 0.1) is 20.8 Å². The number of aryl methyl sites for hydroxylation is 3. The van der Waals surface area contributed by atoms with Gasteiger partial charge in [0, 0.05) is 4.57 Å². The maximum absolute atomic E-state index is 11.9. The summed E-state index contributed by atoms with van der Waals surface area (Å²) >= 11 is 0. The fourth-order valence-corrected chi connectivity index (χ4v) is 2.81. The zero-order valence-electron chi connectivity index (χ0n) is 14.1. The van der Waals surface area contributed by atoms with Crippen molar-refractivity contribution in [3.05, 3.63) is 64.7 Å². The number of carbonyl (C=O) groups excluding carboxylic acids is 1. The van der Waals surface area contributed by atoms with Crippen LogP contribution in [0.5, 0.6) is 5.75 Å². The van der Waals surface area contributed by atoms with E-state index in [2.05, 4.69) is 0 Å². The summed E-state index contributed by atoms with van der Waals surface area (Å²) in [6, 6.07) is 12.2. The zero-order chi connectivity index (χ0) is 15.4. The third kappa shape index (κ3) is 4.71. The molecule has 0 aliphatic rings. The molecule has 0 spiro atoms. The van der Waals surface area contributed by atoms with Gasteiger partial charge in [0.1, 0.15) is 0 Å². The van der Waals surface area contributed by atoms with Gasteiger partial charge >= 0.3 is 33.1 Å². The van der Waals surface area contributed by atoms with Crippen LogP contribution in [0.4, 0.5) is 0 Å². The van der Waals surface area contributed by atoms with Crippen LogP contribution in [0.1, 0.15) is 28.5 Å². The Hall–Kier alpha value is -1.59. The van der Waals surface area contributed by atoms with Crippen molar-refractivity contribution in [2.75, 3.05) is 0 Å². The van der Waals surface area contributed by atoms with Gasteiger partial charge in [0.05, 0.1) is 5.56 Å². The Morgan fingerprint density at radius 3 is 2.14 bits per heavy atom. The van der Waals surface area contributed by atoms with Crippen LogP contribution < -0.4 is 23.4 Å². The molecule has 2 aromatic carbocycles. The smallest absolute Gasteiger partial charge is 1.00 e. The van der Waals surface area contributed by atoms with E-state index < -0.39 is 14.2 Å². The number of hydrogen-bond donors (Lipinski definition) is 0. The number of rotatable bonds is 4. The Morgan fingerprint density at radius 1 is 1.05 bits per heavy atom. The Labute approximate surface area is 144 Å². The molecule has 0 aliphatic heterocycles. The maximum atomic E-state index is 11.9. The quantitative estimate of drug-likeness (QED) is 0.636. The summed E-state index contributed by atoms with van der Waals surface area (Å²) in [6.07, 6.45) is 0. The molecule has 0 radical (unpaired) electrons. The first-order valence-corrected chi connectivity index (χ1v) is 7.57. The predicted octanol–water partition coefficient (Wildman–Crippen LogP) is 1.62. The van der Waals surface area contributed by atoms with Crippen LogP contribution in [0.2, 0.25) is 0 Å². The monoisotopic (exact) mass is 311 g/mol. The Morgan fingerprint density at radius 2 is 1.59 bits per heavy atom. The molecular formula is C16H17LiO4P+. The van der Waals surface area contributed by atoms with E-state index in [1.54, 1.807) is 30.3 Å². The molecule has 2 rings (SSSR count). The van der Waals surface area contributed by atoms with Gasteiger partial charge in [-0.1, -0.05) is 35.9 Å². The summed E-state index contributed by atoms with van der Waals surface area (Å²) in [5.41, 5.74) is 3.13. The molecule has 0 bridgehead atoms. The van der Waals surface area contributed by atoms with Gasteiger partial charge in [0.2, 0.25) is 0 Å². The van der Waals surface area contributed by atoms with Gasteiger partial charge < -0.3 is 1.43 Å². The molecule has 0 saturated carbocycles. The zero-order valence-corrected chi connectivity index (χ0v) is 14.0. The summed E-state index contributed by atoms with van der Waals surface area (Å²) < 4.78 is 22.0. The minimum Gasteiger partial charge on any atom is -1.00 e. The minimum absolute atomic E-state index is 0. The first kappa shape index (κ1) is 18.5. The van der Waals surface area contributed by atoms with E-state index in [1.807, 2.05) is 32.9 Å². The second kappa shape index (κ2) is 8.15. The van der Waals surface area contributed by atoms with Gasteiger partial charge in [0.25, 0.3) is 0 Å². The van der Waals surface area contributed by atoms with E-state index in [-0.39, 0.29) is 20.3 Å². The number of benzene rings is 2. The molecule has 6 heteroatoms. The first-order valence-electron chi connectivity index (χ1n) is 6.48. The second-order valence-electron chi connectivity index (χ2n) is 4.79. The van der Waals surface area contributed by atoms with Crippen LogP contribution in [-0.4, -0.2) is 5.97 Å². The van der Waals surface area contributed by atoms with Crippen molar-refractivity contribution >= 4 is 14.2 Å². The van der Waals surface area contributed by atoms with Crippen molar-refractivity contribution in [3.8, 4) is 5.75 Å². The topological polar surface area (TPSA) is 52.6 Å². The third-order valence-corrected chi connectivity index (χ3v) is 3.58. The first-order chi connectivity index (χ1) is 9.97. The van der Waals surface area contributed by atoms with Crippen LogP contribution in [0.25, 0.3) is 0 Å². The van der Waals surface area contributed by atoms with E-state index in [1.165, 1.54) is 0 Å². The number of hydrogen-bond acceptors (Lipinski definition) is 4. The molecule has 4 nitrogen and oxygen atoms in total. The normalized spacial score (nSPS) is 10.4. The summed E-state index contributed by atoms with van der Waals surface area (Å²) in [5, 5.41) is 0. The summed E-state index contributed by atoms with van der Waals surface area (Å²) in [4.78, 5) is 11.8. The average molecular weight is 311 g/mol. The largest absolute Gasteiger partial charge is 1.00 e. The fourth-order valence-electron chi connectivity index (χ4n) is 2.10. The molecular weight excluding hydrogens is 294 g/mol.